The fraction of sp³-hybridized carbons (Fsp3) is 0.440. The van der Waals surface area contributed by atoms with Gasteiger partial charge < -0.3 is 16.2 Å². The van der Waals surface area contributed by atoms with Crippen LogP contribution in [0.15, 0.2) is 35.2 Å². The van der Waals surface area contributed by atoms with E-state index in [4.69, 9.17) is 17.3 Å². The lowest BCUT2D eigenvalue weighted by Gasteiger charge is -2.42. The van der Waals surface area contributed by atoms with Gasteiger partial charge in [0.1, 0.15) is 5.78 Å². The highest BCUT2D eigenvalue weighted by Gasteiger charge is 2.55. The number of carbonyl (C=O) groups excluding carboxylic acids is 2. The first-order chi connectivity index (χ1) is 17.4. The van der Waals surface area contributed by atoms with Crippen molar-refractivity contribution in [2.75, 3.05) is 11.9 Å². The van der Waals surface area contributed by atoms with Crippen molar-refractivity contribution in [1.29, 1.82) is 0 Å². The Morgan fingerprint density at radius 2 is 1.66 bits per heavy atom. The van der Waals surface area contributed by atoms with Crippen molar-refractivity contribution in [3.8, 4) is 0 Å². The van der Waals surface area contributed by atoms with Crippen LogP contribution in [0.2, 0.25) is 5.02 Å². The number of nitrogens with two attached hydrogens (primary N) is 1. The molecule has 4 N–H and O–H groups in total. The Balaban J connectivity index is 0.00000400. The number of nitrogens with one attached hydrogen (secondary N) is 1. The van der Waals surface area contributed by atoms with Crippen molar-refractivity contribution >= 4 is 51.2 Å². The molecule has 3 unspecified atom stereocenters. The third-order valence-electron chi connectivity index (χ3n) is 7.58. The van der Waals surface area contributed by atoms with Gasteiger partial charge in [-0.1, -0.05) is 11.6 Å². The number of benzene rings is 2. The van der Waals surface area contributed by atoms with Gasteiger partial charge in [0.2, 0.25) is 0 Å². The molecule has 208 valence electrons. The smallest absolute Gasteiger partial charge is 0.255 e. The van der Waals surface area contributed by atoms with Gasteiger partial charge in [0.25, 0.3) is 5.91 Å². The number of fused-ring (bicyclic) bond motifs is 2. The molecule has 38 heavy (non-hydrogen) atoms. The summed E-state index contributed by atoms with van der Waals surface area (Å²) in [6.07, 6.45) is 1.96. The molecule has 2 aromatic rings. The fourth-order valence-electron chi connectivity index (χ4n) is 5.59. The van der Waals surface area contributed by atoms with Crippen LogP contribution in [0.3, 0.4) is 0 Å². The molecule has 2 aliphatic carbocycles. The molecule has 0 heterocycles. The second-order valence-electron chi connectivity index (χ2n) is 9.70. The summed E-state index contributed by atoms with van der Waals surface area (Å²) in [7, 11) is -4.03. The normalized spacial score (nSPS) is 24.5. The van der Waals surface area contributed by atoms with Crippen LogP contribution < -0.4 is 11.1 Å². The molecular formula is C25H27Cl2F3N2O5S. The molecule has 4 rings (SSSR count). The number of aliphatic hydroxyl groups is 1. The topological polar surface area (TPSA) is 127 Å². The van der Waals surface area contributed by atoms with Gasteiger partial charge in [-0.3, -0.25) is 9.59 Å². The number of amides is 1. The Morgan fingerprint density at radius 3 is 2.21 bits per heavy atom. The first-order valence-corrected chi connectivity index (χ1v) is 13.7. The Kier molecular flexibility index (Phi) is 9.20. The summed E-state index contributed by atoms with van der Waals surface area (Å²) in [5.41, 5.74) is 3.75. The lowest BCUT2D eigenvalue weighted by Crippen LogP contribution is -2.48. The van der Waals surface area contributed by atoms with Crippen LogP contribution in [0.4, 0.5) is 18.9 Å². The van der Waals surface area contributed by atoms with Gasteiger partial charge >= 0.3 is 0 Å². The Hall–Kier alpha value is -2.18. The lowest BCUT2D eigenvalue weighted by molar-refractivity contribution is -0.121. The zero-order chi connectivity index (χ0) is 27.1. The molecule has 7 nitrogen and oxygen atoms in total. The van der Waals surface area contributed by atoms with Crippen molar-refractivity contribution in [2.45, 2.75) is 54.3 Å². The molecule has 2 aromatic carbocycles. The Labute approximate surface area is 229 Å². The summed E-state index contributed by atoms with van der Waals surface area (Å²) in [5, 5.41) is 12.6. The van der Waals surface area contributed by atoms with E-state index in [0.29, 0.717) is 25.0 Å². The van der Waals surface area contributed by atoms with Crippen molar-refractivity contribution < 1.29 is 36.3 Å². The standard InChI is InChI=1S/C25H26ClF3N2O5S.ClH/c26-19-4-1-13(24(33)31-16-10-20(27)23(29)21(28)11-16)7-22(19)37(35,36)18-8-14-2-3-15(9-18)25(14,34)6-5-17(32)12-30;/h1,4,7,10-11,14-15,18,34H,2-3,5-6,8-9,12,30H2,(H,31,33);1H/t14-,15?,18?,25?;/m0./s1. The van der Waals surface area contributed by atoms with Crippen LogP contribution in [-0.4, -0.2) is 42.6 Å². The van der Waals surface area contributed by atoms with Crippen molar-refractivity contribution in [3.63, 3.8) is 0 Å². The van der Waals surface area contributed by atoms with Gasteiger partial charge in [0, 0.05) is 29.8 Å². The molecule has 0 aliphatic heterocycles. The monoisotopic (exact) mass is 594 g/mol. The largest absolute Gasteiger partial charge is 0.389 e. The molecule has 2 saturated carbocycles. The maximum absolute atomic E-state index is 13.6. The number of hydrogen-bond donors (Lipinski definition) is 3. The van der Waals surface area contributed by atoms with Crippen LogP contribution in [0, 0.1) is 29.3 Å². The van der Waals surface area contributed by atoms with Crippen LogP contribution in [-0.2, 0) is 14.6 Å². The second-order valence-corrected chi connectivity index (χ2v) is 12.3. The Morgan fingerprint density at radius 1 is 1.08 bits per heavy atom. The zero-order valence-corrected chi connectivity index (χ0v) is 22.4. The van der Waals surface area contributed by atoms with E-state index in [-0.39, 0.29) is 83.4 Å². The molecule has 2 aliphatic rings. The van der Waals surface area contributed by atoms with Gasteiger partial charge in [-0.2, -0.15) is 0 Å². The first kappa shape index (κ1) is 30.4. The number of hydrogen-bond acceptors (Lipinski definition) is 6. The zero-order valence-electron chi connectivity index (χ0n) is 20.1. The highest BCUT2D eigenvalue weighted by molar-refractivity contribution is 7.92. The molecule has 0 saturated heterocycles. The Bertz CT molecular complexity index is 1320. The number of ketones is 1. The van der Waals surface area contributed by atoms with Gasteiger partial charge in [-0.15, -0.1) is 12.4 Å². The van der Waals surface area contributed by atoms with Gasteiger partial charge in [0.15, 0.2) is 27.3 Å². The van der Waals surface area contributed by atoms with Crippen LogP contribution in [0.5, 0.6) is 0 Å². The summed E-state index contributed by atoms with van der Waals surface area (Å²) in [5.74, 6) is -6.34. The van der Waals surface area contributed by atoms with E-state index in [1.165, 1.54) is 12.1 Å². The van der Waals surface area contributed by atoms with E-state index >= 15 is 0 Å². The minimum Gasteiger partial charge on any atom is -0.389 e. The van der Waals surface area contributed by atoms with Crippen LogP contribution in [0.25, 0.3) is 0 Å². The molecule has 13 heteroatoms. The third-order valence-corrected chi connectivity index (χ3v) is 10.2. The fourth-order valence-corrected chi connectivity index (χ4v) is 7.99. The summed E-state index contributed by atoms with van der Waals surface area (Å²) in [6.45, 7) is -0.115. The van der Waals surface area contributed by atoms with Gasteiger partial charge in [-0.25, -0.2) is 21.6 Å². The third kappa shape index (κ3) is 5.72. The summed E-state index contributed by atoms with van der Waals surface area (Å²) < 4.78 is 67.4. The van der Waals surface area contributed by atoms with E-state index in [1.54, 1.807) is 0 Å². The average Bonchev–Trinajstić information content (AvgIpc) is 3.01. The van der Waals surface area contributed by atoms with Crippen LogP contribution in [0.1, 0.15) is 48.9 Å². The maximum Gasteiger partial charge on any atom is 0.255 e. The number of halogens is 5. The second kappa shape index (κ2) is 11.5. The van der Waals surface area contributed by atoms with E-state index in [2.05, 4.69) is 5.32 Å². The minimum absolute atomic E-state index is 0. The van der Waals surface area contributed by atoms with Gasteiger partial charge in [0.05, 0.1) is 27.3 Å². The minimum atomic E-state index is -4.03. The highest BCUT2D eigenvalue weighted by Crippen LogP contribution is 2.54. The molecule has 2 fully saturated rings. The molecule has 0 aromatic heterocycles. The molecule has 0 radical (unpaired) electrons. The predicted octanol–water partition coefficient (Wildman–Crippen LogP) is 4.43. The molecular weight excluding hydrogens is 568 g/mol. The quantitative estimate of drug-likeness (QED) is 0.388. The van der Waals surface area contributed by atoms with E-state index in [9.17, 15) is 36.3 Å². The maximum atomic E-state index is 13.6. The van der Waals surface area contributed by atoms with E-state index < -0.39 is 44.0 Å². The molecule has 4 atom stereocenters. The number of rotatable bonds is 8. The van der Waals surface area contributed by atoms with E-state index in [1.807, 2.05) is 0 Å². The van der Waals surface area contributed by atoms with Crippen molar-refractivity contribution in [1.82, 2.24) is 0 Å². The summed E-state index contributed by atoms with van der Waals surface area (Å²) in [6, 6.07) is 4.78. The average molecular weight is 595 g/mol. The summed E-state index contributed by atoms with van der Waals surface area (Å²) >= 11 is 6.22. The van der Waals surface area contributed by atoms with Crippen LogP contribution >= 0.6 is 24.0 Å². The number of Topliss-reactive ketones (excluding diaryl/α,β-unsaturated/α-hetero) is 1. The number of carbonyl (C=O) groups is 2. The molecule has 2 bridgehead atoms. The number of anilines is 1. The summed E-state index contributed by atoms with van der Waals surface area (Å²) in [4.78, 5) is 24.1. The van der Waals surface area contributed by atoms with Crippen molar-refractivity contribution in [3.05, 3.63) is 58.4 Å². The SMILES string of the molecule is Cl.NCC(=O)CCC1(O)C2CC[C@H]1CC(S(=O)(=O)c1cc(C(=O)Nc3cc(F)c(F)c(F)c3)ccc1Cl)C2. The number of sulfone groups is 1. The van der Waals surface area contributed by atoms with Crippen molar-refractivity contribution in [2.24, 2.45) is 17.6 Å². The van der Waals surface area contributed by atoms with Gasteiger partial charge in [-0.05, 0) is 62.1 Å². The first-order valence-electron chi connectivity index (χ1n) is 11.8. The predicted molar refractivity (Wildman–Crippen MR) is 138 cm³/mol. The highest BCUT2D eigenvalue weighted by atomic mass is 35.5. The van der Waals surface area contributed by atoms with E-state index in [0.717, 1.165) is 6.07 Å². The molecule has 0 spiro atoms. The lowest BCUT2D eigenvalue weighted by atomic mass is 9.71. The molecule has 1 amide bonds.